The van der Waals surface area contributed by atoms with E-state index in [4.69, 9.17) is 0 Å². The third kappa shape index (κ3) is 3.52. The summed E-state index contributed by atoms with van der Waals surface area (Å²) < 4.78 is 0. The second kappa shape index (κ2) is 7.64. The first kappa shape index (κ1) is 19.6. The maximum absolute atomic E-state index is 13.4. The first-order valence-electron chi connectivity index (χ1n) is 9.96. The predicted octanol–water partition coefficient (Wildman–Crippen LogP) is 5.32. The van der Waals surface area contributed by atoms with Gasteiger partial charge >= 0.3 is 0 Å². The molecule has 3 aromatic carbocycles. The van der Waals surface area contributed by atoms with Gasteiger partial charge in [0.15, 0.2) is 0 Å². The van der Waals surface area contributed by atoms with E-state index in [1.165, 1.54) is 10.5 Å². The second-order valence-corrected chi connectivity index (χ2v) is 7.82. The molecule has 1 N–H and O–H groups in total. The highest BCUT2D eigenvalue weighted by molar-refractivity contribution is 6.46. The smallest absolute Gasteiger partial charge is 0.282 e. The third-order valence-corrected chi connectivity index (χ3v) is 5.46. The van der Waals surface area contributed by atoms with Crippen LogP contribution in [-0.2, 0) is 9.59 Å². The van der Waals surface area contributed by atoms with Crippen molar-refractivity contribution in [2.45, 2.75) is 27.7 Å². The van der Waals surface area contributed by atoms with Gasteiger partial charge in [0.05, 0.1) is 11.3 Å². The van der Waals surface area contributed by atoms with Crippen LogP contribution in [0.3, 0.4) is 0 Å². The molecule has 1 aliphatic rings. The molecule has 4 rings (SSSR count). The minimum Gasteiger partial charge on any atom is -0.350 e. The Morgan fingerprint density at radius 1 is 0.700 bits per heavy atom. The largest absolute Gasteiger partial charge is 0.350 e. The molecule has 2 amide bonds. The van der Waals surface area contributed by atoms with Gasteiger partial charge in [0.1, 0.15) is 5.70 Å². The first-order chi connectivity index (χ1) is 14.3. The van der Waals surface area contributed by atoms with E-state index in [-0.39, 0.29) is 11.8 Å². The molecule has 0 unspecified atom stereocenters. The number of nitrogens with one attached hydrogen (secondary N) is 1. The maximum Gasteiger partial charge on any atom is 0.282 e. The van der Waals surface area contributed by atoms with E-state index in [0.29, 0.717) is 17.0 Å². The number of imide groups is 1. The van der Waals surface area contributed by atoms with Gasteiger partial charge in [-0.05, 0) is 74.2 Å². The average Bonchev–Trinajstić information content (AvgIpc) is 2.95. The summed E-state index contributed by atoms with van der Waals surface area (Å²) in [6.45, 7) is 8.00. The summed E-state index contributed by atoms with van der Waals surface area (Å²) in [6.07, 6.45) is 0. The van der Waals surface area contributed by atoms with E-state index in [2.05, 4.69) is 5.32 Å². The molecule has 3 aromatic rings. The zero-order valence-corrected chi connectivity index (χ0v) is 17.6. The van der Waals surface area contributed by atoms with Crippen LogP contribution in [0.4, 0.5) is 11.4 Å². The molecule has 0 aliphatic carbocycles. The number of anilines is 2. The molecule has 0 spiro atoms. The quantitative estimate of drug-likeness (QED) is 0.608. The summed E-state index contributed by atoms with van der Waals surface area (Å²) in [5, 5.41) is 3.23. The number of rotatable bonds is 4. The summed E-state index contributed by atoms with van der Waals surface area (Å²) in [6, 6.07) is 21.0. The topological polar surface area (TPSA) is 49.4 Å². The number of hydrogen-bond donors (Lipinski definition) is 1. The highest BCUT2D eigenvalue weighted by Crippen LogP contribution is 2.34. The van der Waals surface area contributed by atoms with Crippen molar-refractivity contribution in [3.63, 3.8) is 0 Å². The van der Waals surface area contributed by atoms with E-state index in [0.717, 1.165) is 27.9 Å². The lowest BCUT2D eigenvalue weighted by Gasteiger charge is -2.16. The van der Waals surface area contributed by atoms with Crippen LogP contribution in [0.5, 0.6) is 0 Å². The molecule has 4 heteroatoms. The van der Waals surface area contributed by atoms with Crippen LogP contribution < -0.4 is 10.2 Å². The summed E-state index contributed by atoms with van der Waals surface area (Å²) >= 11 is 0. The molecule has 0 radical (unpaired) electrons. The number of hydrogen-bond acceptors (Lipinski definition) is 3. The average molecular weight is 396 g/mol. The third-order valence-electron chi connectivity index (χ3n) is 5.46. The van der Waals surface area contributed by atoms with Crippen LogP contribution in [0.15, 0.2) is 72.4 Å². The number of benzene rings is 3. The zero-order valence-electron chi connectivity index (χ0n) is 17.6. The lowest BCUT2D eigenvalue weighted by Crippen LogP contribution is -2.32. The fourth-order valence-electron chi connectivity index (χ4n) is 3.60. The Bertz CT molecular complexity index is 1190. The van der Waals surface area contributed by atoms with Crippen molar-refractivity contribution < 1.29 is 9.59 Å². The SMILES string of the molecule is Cc1ccc(C2=C(Nc3ccc(C)c(C)c3)C(=O)N(c3cccc(C)c3)C2=O)cc1. The fraction of sp³-hybridized carbons (Fsp3) is 0.154. The van der Waals surface area contributed by atoms with Gasteiger partial charge < -0.3 is 5.32 Å². The summed E-state index contributed by atoms with van der Waals surface area (Å²) in [4.78, 5) is 28.1. The molecule has 150 valence electrons. The predicted molar refractivity (Wildman–Crippen MR) is 121 cm³/mol. The molecule has 0 fully saturated rings. The van der Waals surface area contributed by atoms with E-state index < -0.39 is 0 Å². The van der Waals surface area contributed by atoms with Gasteiger partial charge in [-0.1, -0.05) is 48.0 Å². The van der Waals surface area contributed by atoms with Crippen LogP contribution in [0.1, 0.15) is 27.8 Å². The van der Waals surface area contributed by atoms with Gasteiger partial charge in [-0.2, -0.15) is 0 Å². The molecule has 4 nitrogen and oxygen atoms in total. The Labute approximate surface area is 176 Å². The first-order valence-corrected chi connectivity index (χ1v) is 9.96. The Hall–Kier alpha value is -3.66. The molecule has 0 saturated heterocycles. The van der Waals surface area contributed by atoms with Crippen molar-refractivity contribution in [2.24, 2.45) is 0 Å². The molecule has 1 heterocycles. The van der Waals surface area contributed by atoms with Crippen molar-refractivity contribution in [3.8, 4) is 0 Å². The van der Waals surface area contributed by atoms with Crippen LogP contribution in [0.2, 0.25) is 0 Å². The van der Waals surface area contributed by atoms with Gasteiger partial charge in [-0.3, -0.25) is 9.59 Å². The second-order valence-electron chi connectivity index (χ2n) is 7.82. The Morgan fingerprint density at radius 3 is 2.10 bits per heavy atom. The molecule has 0 bridgehead atoms. The summed E-state index contributed by atoms with van der Waals surface area (Å²) in [7, 11) is 0. The standard InChI is InChI=1S/C26H24N2O2/c1-16-8-11-20(12-9-16)23-24(27-21-13-10-18(3)19(4)15-21)26(30)28(25(23)29)22-7-5-6-17(2)14-22/h5-15,27H,1-4H3. The normalized spacial score (nSPS) is 13.9. The Kier molecular flexibility index (Phi) is 5.00. The van der Waals surface area contributed by atoms with Crippen molar-refractivity contribution in [2.75, 3.05) is 10.2 Å². The van der Waals surface area contributed by atoms with Gasteiger partial charge in [-0.15, -0.1) is 0 Å². The van der Waals surface area contributed by atoms with Gasteiger partial charge in [-0.25, -0.2) is 4.90 Å². The van der Waals surface area contributed by atoms with Crippen LogP contribution in [0.25, 0.3) is 5.57 Å². The Balaban J connectivity index is 1.83. The molecule has 0 aromatic heterocycles. The lowest BCUT2D eigenvalue weighted by molar-refractivity contribution is -0.120. The maximum atomic E-state index is 13.4. The van der Waals surface area contributed by atoms with Crippen molar-refractivity contribution >= 4 is 28.8 Å². The molecular formula is C26H24N2O2. The highest BCUT2D eigenvalue weighted by atomic mass is 16.2. The fourth-order valence-corrected chi connectivity index (χ4v) is 3.60. The van der Waals surface area contributed by atoms with Gasteiger partial charge in [0, 0.05) is 5.69 Å². The number of carbonyl (C=O) groups excluding carboxylic acids is 2. The number of carbonyl (C=O) groups is 2. The van der Waals surface area contributed by atoms with Crippen LogP contribution in [-0.4, -0.2) is 11.8 Å². The van der Waals surface area contributed by atoms with Gasteiger partial charge in [0.2, 0.25) is 0 Å². The van der Waals surface area contributed by atoms with E-state index in [1.54, 1.807) is 6.07 Å². The van der Waals surface area contributed by atoms with E-state index in [9.17, 15) is 9.59 Å². The summed E-state index contributed by atoms with van der Waals surface area (Å²) in [5.41, 5.74) is 7.13. The van der Waals surface area contributed by atoms with Crippen LogP contribution in [0, 0.1) is 27.7 Å². The monoisotopic (exact) mass is 396 g/mol. The molecule has 0 atom stereocenters. The van der Waals surface area contributed by atoms with Crippen molar-refractivity contribution in [1.82, 2.24) is 0 Å². The van der Waals surface area contributed by atoms with E-state index >= 15 is 0 Å². The van der Waals surface area contributed by atoms with Crippen molar-refractivity contribution in [1.29, 1.82) is 0 Å². The minimum absolute atomic E-state index is 0.300. The summed E-state index contributed by atoms with van der Waals surface area (Å²) in [5.74, 6) is -0.666. The molecule has 30 heavy (non-hydrogen) atoms. The number of amides is 2. The van der Waals surface area contributed by atoms with E-state index in [1.807, 2.05) is 88.4 Å². The minimum atomic E-state index is -0.348. The zero-order chi connectivity index (χ0) is 21.4. The Morgan fingerprint density at radius 2 is 1.43 bits per heavy atom. The van der Waals surface area contributed by atoms with Crippen molar-refractivity contribution in [3.05, 3.63) is 100 Å². The molecule has 1 aliphatic heterocycles. The molecule has 0 saturated carbocycles. The molecular weight excluding hydrogens is 372 g/mol. The number of aryl methyl sites for hydroxylation is 4. The van der Waals surface area contributed by atoms with Crippen LogP contribution >= 0.6 is 0 Å². The number of nitrogens with zero attached hydrogens (tertiary/aromatic N) is 1. The van der Waals surface area contributed by atoms with Gasteiger partial charge in [0.25, 0.3) is 11.8 Å². The highest BCUT2D eigenvalue weighted by Gasteiger charge is 2.40. The lowest BCUT2D eigenvalue weighted by atomic mass is 10.0.